The molecule has 5 fully saturated rings. The Balaban J connectivity index is 1.12. The lowest BCUT2D eigenvalue weighted by molar-refractivity contribution is -0.147. The first-order valence-corrected chi connectivity index (χ1v) is 12.0. The first-order valence-electron chi connectivity index (χ1n) is 12.0. The van der Waals surface area contributed by atoms with E-state index in [1.165, 1.54) is 25.3 Å². The molecule has 31 heavy (non-hydrogen) atoms. The summed E-state index contributed by atoms with van der Waals surface area (Å²) in [6, 6.07) is 6.99. The van der Waals surface area contributed by atoms with Crippen molar-refractivity contribution in [2.45, 2.75) is 50.7 Å². The number of hydrogen-bond donors (Lipinski definition) is 0. The van der Waals surface area contributed by atoms with E-state index in [1.807, 2.05) is 12.1 Å². The van der Waals surface area contributed by atoms with Crippen LogP contribution >= 0.6 is 0 Å². The highest BCUT2D eigenvalue weighted by Gasteiger charge is 2.65. The van der Waals surface area contributed by atoms with Crippen molar-refractivity contribution in [1.82, 2.24) is 4.90 Å². The van der Waals surface area contributed by atoms with Crippen LogP contribution in [-0.2, 0) is 14.3 Å². The molecule has 5 nitrogen and oxygen atoms in total. The van der Waals surface area contributed by atoms with E-state index in [-0.39, 0.29) is 34.8 Å². The van der Waals surface area contributed by atoms with Gasteiger partial charge < -0.3 is 14.4 Å². The van der Waals surface area contributed by atoms with Crippen LogP contribution in [0.2, 0.25) is 0 Å². The zero-order valence-electron chi connectivity index (χ0n) is 18.4. The molecule has 0 radical (unpaired) electrons. The summed E-state index contributed by atoms with van der Waals surface area (Å²) in [4.78, 5) is 17.4. The molecule has 5 aliphatic rings. The number of rotatable bonds is 3. The second kappa shape index (κ2) is 7.17. The van der Waals surface area contributed by atoms with E-state index >= 15 is 0 Å². The molecule has 0 N–H and O–H groups in total. The molecule has 0 aromatic heterocycles. The standard InChI is InChI=1S/C25H33FN2O3/c1-24-7-4-8-25(16-30-25)22(24)13-17-18(23(29)31-21(17)14-24)15-27-9-11-28(12-10-27)20-6-3-2-5-19(20)26/h2-3,5-6,17-18,21-22H,4,7-16H2,1H3. The molecule has 1 aromatic carbocycles. The number of fused-ring (bicyclic) bond motifs is 3. The van der Waals surface area contributed by atoms with Crippen LogP contribution in [-0.4, -0.2) is 61.9 Å². The number of nitrogens with zero attached hydrogens (tertiary/aromatic N) is 2. The van der Waals surface area contributed by atoms with Gasteiger partial charge in [-0.1, -0.05) is 19.1 Å². The molecule has 3 aliphatic heterocycles. The summed E-state index contributed by atoms with van der Waals surface area (Å²) in [6.45, 7) is 7.35. The number of esters is 1. The van der Waals surface area contributed by atoms with E-state index in [9.17, 15) is 9.18 Å². The number of para-hydroxylation sites is 1. The number of carbonyl (C=O) groups is 1. The molecule has 6 heteroatoms. The lowest BCUT2D eigenvalue weighted by Crippen LogP contribution is -2.52. The summed E-state index contributed by atoms with van der Waals surface area (Å²) < 4.78 is 26.1. The maximum absolute atomic E-state index is 14.1. The molecule has 1 aromatic rings. The summed E-state index contributed by atoms with van der Waals surface area (Å²) >= 11 is 0. The molecule has 6 rings (SSSR count). The summed E-state index contributed by atoms with van der Waals surface area (Å²) in [5, 5.41) is 0. The van der Waals surface area contributed by atoms with E-state index in [1.54, 1.807) is 6.07 Å². The van der Waals surface area contributed by atoms with Crippen LogP contribution in [0.1, 0.15) is 39.0 Å². The van der Waals surface area contributed by atoms with Crippen LogP contribution in [0.4, 0.5) is 10.1 Å². The molecular weight excluding hydrogens is 395 g/mol. The second-order valence-electron chi connectivity index (χ2n) is 10.8. The maximum Gasteiger partial charge on any atom is 0.310 e. The topological polar surface area (TPSA) is 45.3 Å². The molecule has 3 heterocycles. The number of piperazine rings is 1. The monoisotopic (exact) mass is 428 g/mol. The quantitative estimate of drug-likeness (QED) is 0.545. The molecule has 168 valence electrons. The predicted octanol–water partition coefficient (Wildman–Crippen LogP) is 3.47. The number of halogens is 1. The molecule has 6 unspecified atom stereocenters. The van der Waals surface area contributed by atoms with E-state index in [4.69, 9.17) is 9.47 Å². The molecule has 3 saturated heterocycles. The molecule has 0 amide bonds. The van der Waals surface area contributed by atoms with Crippen molar-refractivity contribution in [3.8, 4) is 0 Å². The van der Waals surface area contributed by atoms with Crippen LogP contribution in [0.15, 0.2) is 24.3 Å². The molecule has 6 atom stereocenters. The van der Waals surface area contributed by atoms with Crippen LogP contribution in [0, 0.1) is 29.0 Å². The number of carbonyl (C=O) groups excluding carboxylic acids is 1. The third-order valence-corrected chi connectivity index (χ3v) is 9.10. The van der Waals surface area contributed by atoms with Gasteiger partial charge in [0.1, 0.15) is 11.9 Å². The number of epoxide rings is 1. The van der Waals surface area contributed by atoms with Gasteiger partial charge in [0, 0.05) is 38.6 Å². The first-order chi connectivity index (χ1) is 15.0. The van der Waals surface area contributed by atoms with Gasteiger partial charge in [-0.05, 0) is 55.6 Å². The summed E-state index contributed by atoms with van der Waals surface area (Å²) in [6.07, 6.45) is 5.78. The summed E-state index contributed by atoms with van der Waals surface area (Å²) in [7, 11) is 0. The third kappa shape index (κ3) is 3.29. The Kier molecular flexibility index (Phi) is 4.62. The van der Waals surface area contributed by atoms with Gasteiger partial charge in [0.25, 0.3) is 0 Å². The minimum atomic E-state index is -0.160. The van der Waals surface area contributed by atoms with Gasteiger partial charge >= 0.3 is 5.97 Å². The van der Waals surface area contributed by atoms with Gasteiger partial charge in [0.05, 0.1) is 23.8 Å². The fraction of sp³-hybridized carbons (Fsp3) is 0.720. The van der Waals surface area contributed by atoms with Gasteiger partial charge in [-0.15, -0.1) is 0 Å². The summed E-state index contributed by atoms with van der Waals surface area (Å²) in [5.74, 6) is 0.679. The average Bonchev–Trinajstić information content (AvgIpc) is 3.46. The lowest BCUT2D eigenvalue weighted by Gasteiger charge is -2.51. The number of benzene rings is 1. The highest BCUT2D eigenvalue weighted by molar-refractivity contribution is 5.75. The Hall–Kier alpha value is -1.66. The largest absolute Gasteiger partial charge is 0.462 e. The number of ether oxygens (including phenoxy) is 2. The van der Waals surface area contributed by atoms with Crippen LogP contribution in [0.5, 0.6) is 0 Å². The van der Waals surface area contributed by atoms with Crippen molar-refractivity contribution in [3.05, 3.63) is 30.1 Å². The van der Waals surface area contributed by atoms with Gasteiger partial charge in [0.2, 0.25) is 0 Å². The Bertz CT molecular complexity index is 866. The van der Waals surface area contributed by atoms with Crippen molar-refractivity contribution in [2.75, 3.05) is 44.2 Å². The Morgan fingerprint density at radius 3 is 2.68 bits per heavy atom. The fourth-order valence-corrected chi connectivity index (χ4v) is 7.32. The molecule has 2 aliphatic carbocycles. The Morgan fingerprint density at radius 1 is 1.16 bits per heavy atom. The lowest BCUT2D eigenvalue weighted by atomic mass is 9.53. The van der Waals surface area contributed by atoms with Crippen LogP contribution in [0.3, 0.4) is 0 Å². The normalized spacial score (nSPS) is 42.3. The van der Waals surface area contributed by atoms with E-state index in [0.29, 0.717) is 17.5 Å². The highest BCUT2D eigenvalue weighted by atomic mass is 19.1. The number of hydrogen-bond acceptors (Lipinski definition) is 5. The zero-order chi connectivity index (χ0) is 21.2. The molecule has 0 bridgehead atoms. The molecule has 1 spiro atoms. The van der Waals surface area contributed by atoms with Gasteiger partial charge in [-0.25, -0.2) is 4.39 Å². The average molecular weight is 429 g/mol. The van der Waals surface area contributed by atoms with Crippen molar-refractivity contribution >= 4 is 11.7 Å². The SMILES string of the molecule is CC12CCCC3(CO3)C1CC1C(C2)OC(=O)C1CN1CCN(c2ccccc2F)CC1. The highest BCUT2D eigenvalue weighted by Crippen LogP contribution is 2.62. The third-order valence-electron chi connectivity index (χ3n) is 9.10. The minimum Gasteiger partial charge on any atom is -0.462 e. The van der Waals surface area contributed by atoms with E-state index in [2.05, 4.69) is 16.7 Å². The Morgan fingerprint density at radius 2 is 1.94 bits per heavy atom. The summed E-state index contributed by atoms with van der Waals surface area (Å²) in [5.41, 5.74) is 1.02. The van der Waals surface area contributed by atoms with Crippen molar-refractivity contribution in [3.63, 3.8) is 0 Å². The van der Waals surface area contributed by atoms with E-state index < -0.39 is 0 Å². The fourth-order valence-electron chi connectivity index (χ4n) is 7.32. The van der Waals surface area contributed by atoms with Gasteiger partial charge in [-0.3, -0.25) is 9.69 Å². The van der Waals surface area contributed by atoms with Crippen molar-refractivity contribution < 1.29 is 18.7 Å². The van der Waals surface area contributed by atoms with Gasteiger partial charge in [-0.2, -0.15) is 0 Å². The second-order valence-corrected chi connectivity index (χ2v) is 10.8. The smallest absolute Gasteiger partial charge is 0.310 e. The predicted molar refractivity (Wildman–Crippen MR) is 115 cm³/mol. The van der Waals surface area contributed by atoms with Crippen molar-refractivity contribution in [2.24, 2.45) is 23.2 Å². The van der Waals surface area contributed by atoms with Crippen LogP contribution in [0.25, 0.3) is 0 Å². The zero-order valence-corrected chi connectivity index (χ0v) is 18.4. The maximum atomic E-state index is 14.1. The van der Waals surface area contributed by atoms with Gasteiger partial charge in [0.15, 0.2) is 0 Å². The first kappa shape index (κ1) is 20.0. The van der Waals surface area contributed by atoms with E-state index in [0.717, 1.165) is 52.2 Å². The Labute approximate surface area is 183 Å². The molecule has 2 saturated carbocycles. The number of anilines is 1. The minimum absolute atomic E-state index is 0.000421. The van der Waals surface area contributed by atoms with Crippen molar-refractivity contribution in [1.29, 1.82) is 0 Å². The van der Waals surface area contributed by atoms with Crippen LogP contribution < -0.4 is 4.90 Å². The molecular formula is C25H33FN2O3.